The van der Waals surface area contributed by atoms with Gasteiger partial charge in [-0.1, -0.05) is 0 Å². The molecule has 18 heavy (non-hydrogen) atoms. The maximum absolute atomic E-state index is 5.86. The fourth-order valence-electron chi connectivity index (χ4n) is 1.85. The molecule has 4 heteroatoms. The highest BCUT2D eigenvalue weighted by Gasteiger charge is 2.17. The summed E-state index contributed by atoms with van der Waals surface area (Å²) >= 11 is 4.43. The predicted molar refractivity (Wildman–Crippen MR) is 78.3 cm³/mol. The molecule has 0 spiro atoms. The first-order chi connectivity index (χ1) is 8.51. The van der Waals surface area contributed by atoms with Gasteiger partial charge in [0.05, 0.1) is 18.2 Å². The molecule has 2 aromatic heterocycles. The van der Waals surface area contributed by atoms with Crippen LogP contribution in [0.5, 0.6) is 0 Å². The number of thiol groups is 1. The van der Waals surface area contributed by atoms with Gasteiger partial charge in [0.25, 0.3) is 0 Å². The largest absolute Gasteiger partial charge is 0.374 e. The van der Waals surface area contributed by atoms with Gasteiger partial charge >= 0.3 is 0 Å². The molecule has 0 amide bonds. The van der Waals surface area contributed by atoms with Crippen LogP contribution in [-0.2, 0) is 4.74 Å². The lowest BCUT2D eigenvalue weighted by Gasteiger charge is -2.24. The second-order valence-corrected chi connectivity index (χ2v) is 5.76. The Kier molecular flexibility index (Phi) is 3.97. The summed E-state index contributed by atoms with van der Waals surface area (Å²) in [5.74, 6) is 0.733. The molecule has 2 aromatic rings. The SMILES string of the molecule is CC(C)(C)OC[C@@H](CS)n1ccc2cccnc21. The second kappa shape index (κ2) is 5.33. The Labute approximate surface area is 114 Å². The van der Waals surface area contributed by atoms with Gasteiger partial charge in [-0.25, -0.2) is 4.98 Å². The first-order valence-corrected chi connectivity index (χ1v) is 6.81. The van der Waals surface area contributed by atoms with Crippen LogP contribution in [0.1, 0.15) is 26.8 Å². The molecule has 2 heterocycles. The molecule has 0 saturated carbocycles. The van der Waals surface area contributed by atoms with Crippen molar-refractivity contribution in [1.82, 2.24) is 9.55 Å². The van der Waals surface area contributed by atoms with Crippen LogP contribution in [0.25, 0.3) is 11.0 Å². The summed E-state index contributed by atoms with van der Waals surface area (Å²) in [5, 5.41) is 1.15. The van der Waals surface area contributed by atoms with Crippen molar-refractivity contribution in [2.24, 2.45) is 0 Å². The number of hydrogen-bond acceptors (Lipinski definition) is 3. The van der Waals surface area contributed by atoms with Gasteiger partial charge in [-0.15, -0.1) is 0 Å². The molecule has 0 aliphatic carbocycles. The highest BCUT2D eigenvalue weighted by atomic mass is 32.1. The zero-order chi connectivity index (χ0) is 13.2. The van der Waals surface area contributed by atoms with Gasteiger partial charge in [-0.2, -0.15) is 12.6 Å². The van der Waals surface area contributed by atoms with Crippen molar-refractivity contribution in [3.8, 4) is 0 Å². The van der Waals surface area contributed by atoms with Gasteiger partial charge in [0, 0.05) is 23.5 Å². The van der Waals surface area contributed by atoms with E-state index in [-0.39, 0.29) is 11.6 Å². The average Bonchev–Trinajstić information content (AvgIpc) is 2.73. The maximum Gasteiger partial charge on any atom is 0.140 e. The monoisotopic (exact) mass is 264 g/mol. The topological polar surface area (TPSA) is 27.1 Å². The van der Waals surface area contributed by atoms with Crippen molar-refractivity contribution in [3.05, 3.63) is 30.6 Å². The Hall–Kier alpha value is -1.00. The van der Waals surface area contributed by atoms with Crippen LogP contribution in [0.4, 0.5) is 0 Å². The fourth-order valence-corrected chi connectivity index (χ4v) is 2.13. The Bertz CT molecular complexity index is 516. The fraction of sp³-hybridized carbons (Fsp3) is 0.500. The van der Waals surface area contributed by atoms with E-state index in [0.717, 1.165) is 16.8 Å². The molecule has 2 rings (SSSR count). The molecular weight excluding hydrogens is 244 g/mol. The van der Waals surface area contributed by atoms with E-state index in [9.17, 15) is 0 Å². The summed E-state index contributed by atoms with van der Waals surface area (Å²) in [6, 6.07) is 6.31. The smallest absolute Gasteiger partial charge is 0.140 e. The lowest BCUT2D eigenvalue weighted by Crippen LogP contribution is -2.26. The summed E-state index contributed by atoms with van der Waals surface area (Å²) in [6.07, 6.45) is 3.88. The molecule has 0 aliphatic heterocycles. The Morgan fingerprint density at radius 3 is 2.83 bits per heavy atom. The minimum atomic E-state index is -0.127. The number of rotatable bonds is 4. The van der Waals surface area contributed by atoms with E-state index in [2.05, 4.69) is 61.3 Å². The first-order valence-electron chi connectivity index (χ1n) is 6.17. The summed E-state index contributed by atoms with van der Waals surface area (Å²) < 4.78 is 8.00. The van der Waals surface area contributed by atoms with Crippen molar-refractivity contribution >= 4 is 23.7 Å². The standard InChI is InChI=1S/C14H20N2OS/c1-14(2,3)17-9-12(10-18)16-8-6-11-5-4-7-15-13(11)16/h4-8,12,18H,9-10H2,1-3H3/t12-/m0/s1. The lowest BCUT2D eigenvalue weighted by molar-refractivity contribution is -0.0159. The minimum absolute atomic E-state index is 0.127. The van der Waals surface area contributed by atoms with E-state index in [1.807, 2.05) is 12.3 Å². The maximum atomic E-state index is 5.86. The quantitative estimate of drug-likeness (QED) is 0.858. The number of ether oxygens (including phenoxy) is 1. The van der Waals surface area contributed by atoms with Crippen LogP contribution in [0, 0.1) is 0 Å². The van der Waals surface area contributed by atoms with Crippen molar-refractivity contribution < 1.29 is 4.74 Å². The third-order valence-electron chi connectivity index (χ3n) is 2.79. The van der Waals surface area contributed by atoms with Gasteiger partial charge in [-0.05, 0) is 39.0 Å². The van der Waals surface area contributed by atoms with E-state index >= 15 is 0 Å². The molecule has 98 valence electrons. The third-order valence-corrected chi connectivity index (χ3v) is 3.21. The number of hydrogen-bond donors (Lipinski definition) is 1. The summed E-state index contributed by atoms with van der Waals surface area (Å²) in [5.41, 5.74) is 0.867. The molecule has 3 nitrogen and oxygen atoms in total. The van der Waals surface area contributed by atoms with E-state index in [0.29, 0.717) is 6.61 Å². The van der Waals surface area contributed by atoms with E-state index < -0.39 is 0 Å². The van der Waals surface area contributed by atoms with Gasteiger partial charge in [0.1, 0.15) is 5.65 Å². The molecule has 0 fully saturated rings. The van der Waals surface area contributed by atoms with Gasteiger partial charge in [0.2, 0.25) is 0 Å². The van der Waals surface area contributed by atoms with Gasteiger partial charge in [0.15, 0.2) is 0 Å². The van der Waals surface area contributed by atoms with Crippen LogP contribution in [0.15, 0.2) is 30.6 Å². The Morgan fingerprint density at radius 2 is 2.17 bits per heavy atom. The van der Waals surface area contributed by atoms with E-state index in [4.69, 9.17) is 4.74 Å². The first kappa shape index (κ1) is 13.4. The molecule has 0 unspecified atom stereocenters. The summed E-state index contributed by atoms with van der Waals surface area (Å²) in [6.45, 7) is 6.84. The third kappa shape index (κ3) is 3.06. The van der Waals surface area contributed by atoms with Gasteiger partial charge < -0.3 is 9.30 Å². The minimum Gasteiger partial charge on any atom is -0.374 e. The number of pyridine rings is 1. The number of nitrogens with zero attached hydrogens (tertiary/aromatic N) is 2. The average molecular weight is 264 g/mol. The molecule has 0 saturated heterocycles. The lowest BCUT2D eigenvalue weighted by atomic mass is 10.2. The van der Waals surface area contributed by atoms with Crippen LogP contribution >= 0.6 is 12.6 Å². The van der Waals surface area contributed by atoms with Crippen molar-refractivity contribution in [3.63, 3.8) is 0 Å². The van der Waals surface area contributed by atoms with Crippen LogP contribution in [0.2, 0.25) is 0 Å². The molecule has 0 radical (unpaired) electrons. The van der Waals surface area contributed by atoms with Crippen molar-refractivity contribution in [1.29, 1.82) is 0 Å². The normalized spacial score (nSPS) is 14.0. The molecule has 0 N–H and O–H groups in total. The zero-order valence-electron chi connectivity index (χ0n) is 11.1. The number of fused-ring (bicyclic) bond motifs is 1. The Balaban J connectivity index is 2.22. The van der Waals surface area contributed by atoms with Gasteiger partial charge in [-0.3, -0.25) is 0 Å². The molecule has 0 aromatic carbocycles. The summed E-state index contributed by atoms with van der Waals surface area (Å²) in [7, 11) is 0. The predicted octanol–water partition coefficient (Wildman–Crippen LogP) is 3.32. The van der Waals surface area contributed by atoms with E-state index in [1.165, 1.54) is 0 Å². The highest BCUT2D eigenvalue weighted by Crippen LogP contribution is 2.21. The zero-order valence-corrected chi connectivity index (χ0v) is 12.0. The van der Waals surface area contributed by atoms with E-state index in [1.54, 1.807) is 0 Å². The molecular formula is C14H20N2OS. The van der Waals surface area contributed by atoms with Crippen LogP contribution < -0.4 is 0 Å². The Morgan fingerprint density at radius 1 is 1.39 bits per heavy atom. The second-order valence-electron chi connectivity index (χ2n) is 5.40. The van der Waals surface area contributed by atoms with Crippen LogP contribution in [0.3, 0.4) is 0 Å². The van der Waals surface area contributed by atoms with Crippen LogP contribution in [-0.4, -0.2) is 27.5 Å². The highest BCUT2D eigenvalue weighted by molar-refractivity contribution is 7.80. The molecule has 0 bridgehead atoms. The molecule has 1 atom stereocenters. The number of aromatic nitrogens is 2. The molecule has 0 aliphatic rings. The summed E-state index contributed by atoms with van der Waals surface area (Å²) in [4.78, 5) is 4.43. The van der Waals surface area contributed by atoms with Crippen molar-refractivity contribution in [2.75, 3.05) is 12.4 Å². The van der Waals surface area contributed by atoms with Crippen molar-refractivity contribution in [2.45, 2.75) is 32.4 Å².